The number of oxazole rings is 1. The second kappa shape index (κ2) is 5.63. The molecule has 2 N–H and O–H groups in total. The molecule has 2 aromatic carbocycles. The first kappa shape index (κ1) is 14.9. The molecule has 0 unspecified atom stereocenters. The van der Waals surface area contributed by atoms with Crippen molar-refractivity contribution in [2.45, 2.75) is 13.3 Å². The van der Waals surface area contributed by atoms with Gasteiger partial charge < -0.3 is 10.2 Å². The molecule has 1 heterocycles. The third kappa shape index (κ3) is 2.47. The van der Waals surface area contributed by atoms with Gasteiger partial charge in [-0.15, -0.1) is 0 Å². The molecule has 6 heteroatoms. The minimum atomic E-state index is 0.528. The molecule has 0 amide bonds. The molecule has 3 rings (SSSR count). The maximum Gasteiger partial charge on any atom is 0.227 e. The van der Waals surface area contributed by atoms with E-state index in [4.69, 9.17) is 21.8 Å². The van der Waals surface area contributed by atoms with Crippen molar-refractivity contribution in [3.63, 3.8) is 0 Å². The van der Waals surface area contributed by atoms with Gasteiger partial charge in [0.05, 0.1) is 10.2 Å². The first-order valence-electron chi connectivity index (χ1n) is 6.34. The average molecular weight is 431 g/mol. The summed E-state index contributed by atoms with van der Waals surface area (Å²) in [7, 11) is 0. The molecule has 21 heavy (non-hydrogen) atoms. The van der Waals surface area contributed by atoms with Gasteiger partial charge in [0.15, 0.2) is 5.58 Å². The summed E-state index contributed by atoms with van der Waals surface area (Å²) < 4.78 is 7.54. The Labute approximate surface area is 143 Å². The molecular formula is C15H11Br2ClN2O. The summed E-state index contributed by atoms with van der Waals surface area (Å²) in [4.78, 5) is 4.56. The van der Waals surface area contributed by atoms with Crippen LogP contribution >= 0.6 is 43.5 Å². The number of nitrogens with two attached hydrogens (primary N) is 1. The molecule has 0 aliphatic carbocycles. The third-order valence-corrected chi connectivity index (χ3v) is 5.22. The number of anilines is 1. The van der Waals surface area contributed by atoms with Crippen LogP contribution in [0.3, 0.4) is 0 Å². The summed E-state index contributed by atoms with van der Waals surface area (Å²) in [5, 5.41) is 0.644. The fourth-order valence-electron chi connectivity index (χ4n) is 2.22. The molecule has 0 atom stereocenters. The largest absolute Gasteiger partial charge is 0.436 e. The molecule has 0 radical (unpaired) electrons. The van der Waals surface area contributed by atoms with Crippen molar-refractivity contribution < 1.29 is 4.42 Å². The number of hydrogen-bond acceptors (Lipinski definition) is 3. The fourth-order valence-corrected chi connectivity index (χ4v) is 3.80. The summed E-state index contributed by atoms with van der Waals surface area (Å²) >= 11 is 13.0. The van der Waals surface area contributed by atoms with Crippen LogP contribution in [0, 0.1) is 0 Å². The lowest BCUT2D eigenvalue weighted by molar-refractivity contribution is 0.615. The Morgan fingerprint density at radius 2 is 2.05 bits per heavy atom. The van der Waals surface area contributed by atoms with E-state index in [2.05, 4.69) is 43.8 Å². The van der Waals surface area contributed by atoms with Crippen LogP contribution < -0.4 is 5.73 Å². The fraction of sp³-hybridized carbons (Fsp3) is 0.133. The molecule has 0 bridgehead atoms. The maximum absolute atomic E-state index is 6.10. The van der Waals surface area contributed by atoms with Crippen molar-refractivity contribution in [3.05, 3.63) is 43.8 Å². The van der Waals surface area contributed by atoms with Crippen LogP contribution in [0.4, 0.5) is 5.69 Å². The summed E-state index contributed by atoms with van der Waals surface area (Å²) in [6.07, 6.45) is 0.790. The van der Waals surface area contributed by atoms with Crippen molar-refractivity contribution in [3.8, 4) is 11.5 Å². The van der Waals surface area contributed by atoms with Gasteiger partial charge in [-0.1, -0.05) is 24.6 Å². The third-order valence-electron chi connectivity index (χ3n) is 3.27. The Morgan fingerprint density at radius 3 is 2.71 bits per heavy atom. The smallest absolute Gasteiger partial charge is 0.227 e. The van der Waals surface area contributed by atoms with E-state index in [1.54, 1.807) is 0 Å². The Balaban J connectivity index is 2.32. The summed E-state index contributed by atoms with van der Waals surface area (Å²) in [5.41, 5.74) is 10.0. The van der Waals surface area contributed by atoms with Crippen LogP contribution in [0.2, 0.25) is 5.02 Å². The summed E-state index contributed by atoms with van der Waals surface area (Å²) in [5.74, 6) is 0.528. The highest BCUT2D eigenvalue weighted by Crippen LogP contribution is 2.41. The predicted octanol–water partition coefficient (Wildman–Crippen LogP) is 5.82. The molecule has 0 aliphatic heterocycles. The van der Waals surface area contributed by atoms with Gasteiger partial charge >= 0.3 is 0 Å². The molecule has 3 aromatic rings. The van der Waals surface area contributed by atoms with Gasteiger partial charge in [0.1, 0.15) is 5.52 Å². The molecular weight excluding hydrogens is 419 g/mol. The molecule has 1 aromatic heterocycles. The topological polar surface area (TPSA) is 52.0 Å². The zero-order valence-corrected chi connectivity index (χ0v) is 15.0. The Kier molecular flexibility index (Phi) is 3.99. The number of fused-ring (bicyclic) bond motifs is 1. The van der Waals surface area contributed by atoms with Crippen molar-refractivity contribution in [1.82, 2.24) is 4.98 Å². The van der Waals surface area contributed by atoms with Crippen molar-refractivity contribution in [2.75, 3.05) is 5.73 Å². The van der Waals surface area contributed by atoms with Crippen molar-refractivity contribution in [1.29, 1.82) is 0 Å². The van der Waals surface area contributed by atoms with Crippen LogP contribution in [0.5, 0.6) is 0 Å². The molecule has 0 spiro atoms. The lowest BCUT2D eigenvalue weighted by atomic mass is 10.1. The molecule has 0 fully saturated rings. The minimum Gasteiger partial charge on any atom is -0.436 e. The standard InChI is InChI=1S/C15H11Br2ClN2O/c1-2-9-10(16)12(19)11(17)13-14(9)21-15(20-13)7-4-3-5-8(18)6-7/h3-6H,2,19H2,1H3. The maximum atomic E-state index is 6.10. The first-order valence-corrected chi connectivity index (χ1v) is 8.31. The van der Waals surface area contributed by atoms with Crippen LogP contribution in [-0.4, -0.2) is 4.98 Å². The van der Waals surface area contributed by atoms with Gasteiger partial charge in [-0.3, -0.25) is 0 Å². The number of benzene rings is 2. The Morgan fingerprint density at radius 1 is 1.29 bits per heavy atom. The second-order valence-electron chi connectivity index (χ2n) is 4.58. The number of nitrogens with zero attached hydrogens (tertiary/aromatic N) is 1. The van der Waals surface area contributed by atoms with Crippen LogP contribution in [-0.2, 0) is 6.42 Å². The monoisotopic (exact) mass is 428 g/mol. The van der Waals surface area contributed by atoms with E-state index in [-0.39, 0.29) is 0 Å². The lowest BCUT2D eigenvalue weighted by Gasteiger charge is -2.07. The van der Waals surface area contributed by atoms with Crippen molar-refractivity contribution >= 4 is 60.2 Å². The highest BCUT2D eigenvalue weighted by molar-refractivity contribution is 9.11. The molecule has 108 valence electrons. The number of aryl methyl sites for hydroxylation is 1. The SMILES string of the molecule is CCc1c(Br)c(N)c(Br)c2nc(-c3cccc(Cl)c3)oc12. The van der Waals surface area contributed by atoms with Crippen LogP contribution in [0.1, 0.15) is 12.5 Å². The van der Waals surface area contributed by atoms with E-state index in [1.165, 1.54) is 0 Å². The van der Waals surface area contributed by atoms with E-state index in [9.17, 15) is 0 Å². The number of rotatable bonds is 2. The minimum absolute atomic E-state index is 0.528. The predicted molar refractivity (Wildman–Crippen MR) is 93.6 cm³/mol. The number of halogens is 3. The Bertz CT molecular complexity index is 845. The summed E-state index contributed by atoms with van der Waals surface area (Å²) in [6.45, 7) is 2.05. The molecule has 0 saturated carbocycles. The van der Waals surface area contributed by atoms with E-state index >= 15 is 0 Å². The zero-order valence-electron chi connectivity index (χ0n) is 11.1. The van der Waals surface area contributed by atoms with Gasteiger partial charge in [-0.2, -0.15) is 0 Å². The molecule has 0 aliphatic rings. The highest BCUT2D eigenvalue weighted by atomic mass is 79.9. The van der Waals surface area contributed by atoms with E-state index in [0.717, 1.165) is 37.6 Å². The average Bonchev–Trinajstić information content (AvgIpc) is 2.91. The lowest BCUT2D eigenvalue weighted by Crippen LogP contribution is -1.94. The molecule has 3 nitrogen and oxygen atoms in total. The zero-order chi connectivity index (χ0) is 15.1. The second-order valence-corrected chi connectivity index (χ2v) is 6.60. The first-order chi connectivity index (χ1) is 10.0. The quantitative estimate of drug-likeness (QED) is 0.522. The number of nitrogen functional groups attached to an aromatic ring is 1. The van der Waals surface area contributed by atoms with Crippen molar-refractivity contribution in [2.24, 2.45) is 0 Å². The summed E-state index contributed by atoms with van der Waals surface area (Å²) in [6, 6.07) is 7.42. The normalized spacial score (nSPS) is 11.2. The van der Waals surface area contributed by atoms with Crippen LogP contribution in [0.25, 0.3) is 22.6 Å². The van der Waals surface area contributed by atoms with E-state index in [1.807, 2.05) is 24.3 Å². The van der Waals surface area contributed by atoms with Gasteiger partial charge in [0.2, 0.25) is 5.89 Å². The van der Waals surface area contributed by atoms with Gasteiger partial charge in [0, 0.05) is 20.6 Å². The number of aromatic nitrogens is 1. The number of hydrogen-bond donors (Lipinski definition) is 1. The van der Waals surface area contributed by atoms with E-state index < -0.39 is 0 Å². The Hall–Kier alpha value is -1.04. The van der Waals surface area contributed by atoms with Gasteiger partial charge in [-0.25, -0.2) is 4.98 Å². The molecule has 0 saturated heterocycles. The van der Waals surface area contributed by atoms with Crippen LogP contribution in [0.15, 0.2) is 37.6 Å². The van der Waals surface area contributed by atoms with E-state index in [0.29, 0.717) is 16.6 Å². The van der Waals surface area contributed by atoms with Gasteiger partial charge in [-0.05, 0) is 56.5 Å². The van der Waals surface area contributed by atoms with Gasteiger partial charge in [0.25, 0.3) is 0 Å². The highest BCUT2D eigenvalue weighted by Gasteiger charge is 2.20.